The average Bonchev–Trinajstić information content (AvgIpc) is 3.92. The lowest BCUT2D eigenvalue weighted by Gasteiger charge is -2.13. The average molecular weight is 725 g/mol. The van der Waals surface area contributed by atoms with Gasteiger partial charge in [0.1, 0.15) is 12.1 Å². The fourth-order valence-corrected chi connectivity index (χ4v) is 8.95. The molecule has 11 rings (SSSR count). The Kier molecular flexibility index (Phi) is 6.95. The smallest absolute Gasteiger partial charge is 0.101 e. The van der Waals surface area contributed by atoms with Gasteiger partial charge < -0.3 is 13.7 Å². The molecule has 0 fully saturated rings. The largest absolute Gasteiger partial charge is 0.309 e. The summed E-state index contributed by atoms with van der Waals surface area (Å²) in [5, 5.41) is 37.0. The van der Waals surface area contributed by atoms with Crippen molar-refractivity contribution in [3.8, 4) is 46.4 Å². The molecule has 0 spiro atoms. The van der Waals surface area contributed by atoms with E-state index in [1.54, 1.807) is 6.07 Å². The number of para-hydroxylation sites is 4. The highest BCUT2D eigenvalue weighted by molar-refractivity contribution is 6.16. The Hall–Kier alpha value is -8.37. The molecular weight excluding hydrogens is 697 g/mol. The summed E-state index contributed by atoms with van der Waals surface area (Å²) in [6.45, 7) is 0. The number of nitrogens with zero attached hydrogens (tertiary/aromatic N) is 6. The molecule has 8 aromatic carbocycles. The highest BCUT2D eigenvalue weighted by atomic mass is 15.0. The maximum Gasteiger partial charge on any atom is 0.101 e. The standard InChI is InChI=1S/C51H28N6/c52-29-32-26-36(31-54)51-42(27-32)40-12-3-7-16-46(40)57(51)43-25-22-34(28-35(43)30-53)33-20-23-37(24-21-33)55-47-17-8-4-13-41(47)50-48(55)18-9-19-49(50)56-44-14-5-1-10-38(44)39-11-2-6-15-45(39)56/h1-28H. The molecule has 57 heavy (non-hydrogen) atoms. The van der Waals surface area contributed by atoms with E-state index in [0.29, 0.717) is 27.9 Å². The number of nitriles is 3. The number of benzene rings is 8. The van der Waals surface area contributed by atoms with Gasteiger partial charge in [-0.05, 0) is 83.9 Å². The van der Waals surface area contributed by atoms with Gasteiger partial charge in [-0.3, -0.25) is 0 Å². The lowest BCUT2D eigenvalue weighted by atomic mass is 10.0. The van der Waals surface area contributed by atoms with E-state index in [4.69, 9.17) is 0 Å². The van der Waals surface area contributed by atoms with Crippen LogP contribution in [0.4, 0.5) is 0 Å². The Balaban J connectivity index is 1.05. The van der Waals surface area contributed by atoms with Gasteiger partial charge in [-0.2, -0.15) is 15.8 Å². The molecule has 0 saturated carbocycles. The lowest BCUT2D eigenvalue weighted by Crippen LogP contribution is -2.00. The summed E-state index contributed by atoms with van der Waals surface area (Å²) in [6, 6.07) is 65.0. The Morgan fingerprint density at radius 3 is 1.53 bits per heavy atom. The van der Waals surface area contributed by atoms with Crippen LogP contribution in [0.3, 0.4) is 0 Å². The van der Waals surface area contributed by atoms with E-state index in [1.165, 1.54) is 32.6 Å². The van der Waals surface area contributed by atoms with E-state index in [9.17, 15) is 15.8 Å². The second-order valence-corrected chi connectivity index (χ2v) is 14.3. The molecule has 0 aliphatic rings. The topological polar surface area (TPSA) is 86.2 Å². The van der Waals surface area contributed by atoms with Crippen LogP contribution in [0.5, 0.6) is 0 Å². The molecule has 0 saturated heterocycles. The van der Waals surface area contributed by atoms with Crippen molar-refractivity contribution in [3.63, 3.8) is 0 Å². The maximum absolute atomic E-state index is 10.5. The lowest BCUT2D eigenvalue weighted by molar-refractivity contribution is 1.16. The van der Waals surface area contributed by atoms with E-state index in [2.05, 4.69) is 143 Å². The van der Waals surface area contributed by atoms with Gasteiger partial charge in [-0.1, -0.05) is 97.1 Å². The summed E-state index contributed by atoms with van der Waals surface area (Å²) < 4.78 is 6.71. The molecule has 6 heteroatoms. The molecule has 3 heterocycles. The highest BCUT2D eigenvalue weighted by Crippen LogP contribution is 2.41. The Bertz CT molecular complexity index is 3560. The monoisotopic (exact) mass is 724 g/mol. The predicted octanol–water partition coefficient (Wildman–Crippen LogP) is 12.3. The minimum Gasteiger partial charge on any atom is -0.309 e. The third-order valence-corrected chi connectivity index (χ3v) is 11.3. The van der Waals surface area contributed by atoms with Crippen molar-refractivity contribution < 1.29 is 0 Å². The van der Waals surface area contributed by atoms with Gasteiger partial charge >= 0.3 is 0 Å². The first-order valence-electron chi connectivity index (χ1n) is 18.7. The fourth-order valence-electron chi connectivity index (χ4n) is 8.95. The summed E-state index contributed by atoms with van der Waals surface area (Å²) >= 11 is 0. The first-order chi connectivity index (χ1) is 28.2. The van der Waals surface area contributed by atoms with Crippen molar-refractivity contribution in [2.75, 3.05) is 0 Å². The van der Waals surface area contributed by atoms with Gasteiger partial charge in [0, 0.05) is 38.0 Å². The zero-order valence-electron chi connectivity index (χ0n) is 30.3. The summed E-state index contributed by atoms with van der Waals surface area (Å²) in [6.07, 6.45) is 0. The first-order valence-corrected chi connectivity index (χ1v) is 18.7. The van der Waals surface area contributed by atoms with E-state index in [1.807, 2.05) is 53.1 Å². The minimum absolute atomic E-state index is 0.385. The van der Waals surface area contributed by atoms with Gasteiger partial charge in [0.25, 0.3) is 0 Å². The van der Waals surface area contributed by atoms with Crippen LogP contribution in [0.25, 0.3) is 93.6 Å². The first kappa shape index (κ1) is 32.1. The van der Waals surface area contributed by atoms with Crippen LogP contribution >= 0.6 is 0 Å². The molecule has 0 bridgehead atoms. The number of hydrogen-bond donors (Lipinski definition) is 0. The Morgan fingerprint density at radius 1 is 0.351 bits per heavy atom. The molecule has 0 aliphatic heterocycles. The SMILES string of the molecule is N#Cc1cc(C#N)c2c(c1)c1ccccc1n2-c1ccc(-c2ccc(-n3c4ccccc4c4c(-n5c6ccccc6c6ccccc65)cccc43)cc2)cc1C#N. The summed E-state index contributed by atoms with van der Waals surface area (Å²) in [5.74, 6) is 0. The van der Waals surface area contributed by atoms with Crippen LogP contribution in [0, 0.1) is 34.0 Å². The molecule has 262 valence electrons. The number of rotatable bonds is 4. The second-order valence-electron chi connectivity index (χ2n) is 14.3. The zero-order valence-corrected chi connectivity index (χ0v) is 30.3. The number of fused-ring (bicyclic) bond motifs is 9. The summed E-state index contributed by atoms with van der Waals surface area (Å²) in [7, 11) is 0. The van der Waals surface area contributed by atoms with Crippen molar-refractivity contribution in [1.29, 1.82) is 15.8 Å². The van der Waals surface area contributed by atoms with Crippen LogP contribution in [0.1, 0.15) is 16.7 Å². The van der Waals surface area contributed by atoms with Gasteiger partial charge in [0.15, 0.2) is 0 Å². The Labute approximate surface area is 326 Å². The third kappa shape index (κ3) is 4.61. The van der Waals surface area contributed by atoms with Crippen molar-refractivity contribution in [1.82, 2.24) is 13.7 Å². The predicted molar refractivity (Wildman–Crippen MR) is 229 cm³/mol. The van der Waals surface area contributed by atoms with E-state index in [0.717, 1.165) is 49.8 Å². The molecule has 6 nitrogen and oxygen atoms in total. The van der Waals surface area contributed by atoms with Crippen LogP contribution in [0.15, 0.2) is 170 Å². The molecule has 0 aliphatic carbocycles. The third-order valence-electron chi connectivity index (χ3n) is 11.3. The minimum atomic E-state index is 0.385. The van der Waals surface area contributed by atoms with Gasteiger partial charge in [-0.25, -0.2) is 0 Å². The van der Waals surface area contributed by atoms with Crippen LogP contribution < -0.4 is 0 Å². The Morgan fingerprint density at radius 2 is 0.895 bits per heavy atom. The van der Waals surface area contributed by atoms with Crippen molar-refractivity contribution >= 4 is 65.4 Å². The fraction of sp³-hybridized carbons (Fsp3) is 0. The molecule has 0 unspecified atom stereocenters. The quantitative estimate of drug-likeness (QED) is 0.181. The van der Waals surface area contributed by atoms with E-state index >= 15 is 0 Å². The molecule has 0 amide bonds. The molecule has 11 aromatic rings. The molecule has 0 atom stereocenters. The van der Waals surface area contributed by atoms with Gasteiger partial charge in [0.2, 0.25) is 0 Å². The second kappa shape index (κ2) is 12.3. The van der Waals surface area contributed by atoms with Crippen molar-refractivity contribution in [3.05, 3.63) is 187 Å². The summed E-state index contributed by atoms with van der Waals surface area (Å²) in [4.78, 5) is 0. The van der Waals surface area contributed by atoms with Crippen LogP contribution in [0.2, 0.25) is 0 Å². The molecular formula is C51H28N6. The molecule has 3 aromatic heterocycles. The summed E-state index contributed by atoms with van der Waals surface area (Å²) in [5.41, 5.74) is 12.1. The van der Waals surface area contributed by atoms with E-state index < -0.39 is 0 Å². The van der Waals surface area contributed by atoms with Crippen molar-refractivity contribution in [2.24, 2.45) is 0 Å². The van der Waals surface area contributed by atoms with Crippen molar-refractivity contribution in [2.45, 2.75) is 0 Å². The van der Waals surface area contributed by atoms with Crippen LogP contribution in [-0.4, -0.2) is 13.7 Å². The number of hydrogen-bond acceptors (Lipinski definition) is 3. The number of aromatic nitrogens is 3. The van der Waals surface area contributed by atoms with E-state index in [-0.39, 0.29) is 0 Å². The zero-order chi connectivity index (χ0) is 38.2. The normalized spacial score (nSPS) is 11.5. The van der Waals surface area contributed by atoms with Gasteiger partial charge in [-0.15, -0.1) is 0 Å². The molecule has 0 N–H and O–H groups in total. The van der Waals surface area contributed by atoms with Gasteiger partial charge in [0.05, 0.1) is 67.2 Å². The molecule has 0 radical (unpaired) electrons. The highest BCUT2D eigenvalue weighted by Gasteiger charge is 2.21. The maximum atomic E-state index is 10.5. The van der Waals surface area contributed by atoms with Crippen LogP contribution in [-0.2, 0) is 0 Å².